The summed E-state index contributed by atoms with van der Waals surface area (Å²) in [5.74, 6) is 0.543. The number of aliphatic imine (C=N–C) groups is 1. The number of nitrogens with zero attached hydrogens (tertiary/aromatic N) is 2. The molecule has 1 fully saturated rings. The highest BCUT2D eigenvalue weighted by atomic mass is 15.1. The molecule has 1 aliphatic rings. The molecule has 0 radical (unpaired) electrons. The van der Waals surface area contributed by atoms with Crippen LogP contribution in [0.3, 0.4) is 0 Å². The molecule has 0 atom stereocenters. The Morgan fingerprint density at radius 1 is 1.29 bits per heavy atom. The van der Waals surface area contributed by atoms with Crippen LogP contribution in [0.1, 0.15) is 33.6 Å². The van der Waals surface area contributed by atoms with E-state index in [2.05, 4.69) is 50.2 Å². The van der Waals surface area contributed by atoms with Gasteiger partial charge in [0.05, 0.1) is 6.04 Å². The number of allylic oxidation sites excluding steroid dienone is 4. The van der Waals surface area contributed by atoms with Crippen molar-refractivity contribution in [2.75, 3.05) is 20.1 Å². The molecule has 1 rings (SSSR count). The van der Waals surface area contributed by atoms with Crippen LogP contribution in [0.2, 0.25) is 0 Å². The van der Waals surface area contributed by atoms with Gasteiger partial charge in [-0.25, -0.2) is 0 Å². The van der Waals surface area contributed by atoms with Gasteiger partial charge in [-0.05, 0) is 51.4 Å². The topological polar surface area (TPSA) is 15.6 Å². The monoisotopic (exact) mass is 234 g/mol. The quantitative estimate of drug-likeness (QED) is 0.538. The summed E-state index contributed by atoms with van der Waals surface area (Å²) in [5.41, 5.74) is 1.32. The Balaban J connectivity index is 2.55. The lowest BCUT2D eigenvalue weighted by Crippen LogP contribution is -2.32. The first-order chi connectivity index (χ1) is 8.13. The van der Waals surface area contributed by atoms with Crippen molar-refractivity contribution >= 4 is 6.21 Å². The Bertz CT molecular complexity index is 292. The van der Waals surface area contributed by atoms with Crippen LogP contribution in [0.25, 0.3) is 0 Å². The molecule has 17 heavy (non-hydrogen) atoms. The second kappa shape index (κ2) is 7.44. The zero-order valence-corrected chi connectivity index (χ0v) is 11.7. The predicted molar refractivity (Wildman–Crippen MR) is 76.7 cm³/mol. The summed E-state index contributed by atoms with van der Waals surface area (Å²) >= 11 is 0. The molecule has 0 aromatic heterocycles. The molecule has 0 N–H and O–H groups in total. The van der Waals surface area contributed by atoms with Crippen molar-refractivity contribution < 1.29 is 0 Å². The fraction of sp³-hybridized carbons (Fsp3) is 0.667. The summed E-state index contributed by atoms with van der Waals surface area (Å²) in [6.07, 6.45) is 10.8. The molecule has 1 saturated heterocycles. The van der Waals surface area contributed by atoms with Crippen molar-refractivity contribution in [3.8, 4) is 0 Å². The molecule has 0 spiro atoms. The predicted octanol–water partition coefficient (Wildman–Crippen LogP) is 3.31. The molecule has 0 saturated carbocycles. The van der Waals surface area contributed by atoms with Crippen LogP contribution >= 0.6 is 0 Å². The normalized spacial score (nSPS) is 21.1. The van der Waals surface area contributed by atoms with Crippen molar-refractivity contribution in [1.29, 1.82) is 0 Å². The summed E-state index contributed by atoms with van der Waals surface area (Å²) < 4.78 is 0. The second-order valence-electron chi connectivity index (χ2n) is 5.16. The smallest absolute Gasteiger partial charge is 0.0524 e. The lowest BCUT2D eigenvalue weighted by molar-refractivity contribution is 0.257. The average Bonchev–Trinajstić information content (AvgIpc) is 2.31. The molecule has 1 aliphatic heterocycles. The highest BCUT2D eigenvalue weighted by Crippen LogP contribution is 2.13. The molecular formula is C15H26N2. The van der Waals surface area contributed by atoms with E-state index >= 15 is 0 Å². The third-order valence-electron chi connectivity index (χ3n) is 3.27. The average molecular weight is 234 g/mol. The lowest BCUT2D eigenvalue weighted by atomic mass is 10.0. The van der Waals surface area contributed by atoms with Crippen molar-refractivity contribution in [3.63, 3.8) is 0 Å². The Labute approximate surface area is 106 Å². The molecule has 0 bridgehead atoms. The molecular weight excluding hydrogens is 208 g/mol. The maximum atomic E-state index is 4.74. The molecule has 2 heteroatoms. The van der Waals surface area contributed by atoms with Crippen LogP contribution in [-0.4, -0.2) is 37.3 Å². The van der Waals surface area contributed by atoms with Crippen LogP contribution < -0.4 is 0 Å². The van der Waals surface area contributed by atoms with Crippen molar-refractivity contribution in [3.05, 3.63) is 23.8 Å². The van der Waals surface area contributed by atoms with Gasteiger partial charge >= 0.3 is 0 Å². The largest absolute Gasteiger partial charge is 0.306 e. The van der Waals surface area contributed by atoms with Crippen LogP contribution in [-0.2, 0) is 0 Å². The maximum Gasteiger partial charge on any atom is 0.0524 e. The molecule has 1 heterocycles. The zero-order chi connectivity index (χ0) is 12.7. The van der Waals surface area contributed by atoms with Gasteiger partial charge in [0.2, 0.25) is 0 Å². The van der Waals surface area contributed by atoms with E-state index < -0.39 is 0 Å². The standard InChI is InChI=1S/C15H26N2/c1-5-6-7-14(13(2)3)12-16-15-8-10-17(4)11-9-15/h5-7,12-13,15H,8-11H2,1-4H3/b6-5+,14-7+,16-12?. The molecule has 2 nitrogen and oxygen atoms in total. The minimum atomic E-state index is 0.527. The number of piperidine rings is 1. The van der Waals surface area contributed by atoms with Crippen molar-refractivity contribution in [2.45, 2.75) is 39.7 Å². The van der Waals surface area contributed by atoms with Gasteiger partial charge < -0.3 is 4.90 Å². The summed E-state index contributed by atoms with van der Waals surface area (Å²) in [6, 6.07) is 0.527. The Morgan fingerprint density at radius 3 is 2.47 bits per heavy atom. The second-order valence-corrected chi connectivity index (χ2v) is 5.16. The van der Waals surface area contributed by atoms with E-state index in [4.69, 9.17) is 4.99 Å². The fourth-order valence-electron chi connectivity index (χ4n) is 1.93. The van der Waals surface area contributed by atoms with E-state index in [1.165, 1.54) is 31.5 Å². The van der Waals surface area contributed by atoms with E-state index in [0.717, 1.165) is 0 Å². The fourth-order valence-corrected chi connectivity index (χ4v) is 1.93. The Hall–Kier alpha value is -0.890. The summed E-state index contributed by atoms with van der Waals surface area (Å²) in [7, 11) is 2.19. The minimum Gasteiger partial charge on any atom is -0.306 e. The molecule has 0 aliphatic carbocycles. The van der Waals surface area contributed by atoms with Gasteiger partial charge in [0, 0.05) is 6.21 Å². The highest BCUT2D eigenvalue weighted by molar-refractivity contribution is 5.79. The number of rotatable bonds is 4. The number of hydrogen-bond donors (Lipinski definition) is 0. The van der Waals surface area contributed by atoms with Crippen LogP contribution in [0, 0.1) is 5.92 Å². The number of likely N-dealkylation sites (tertiary alicyclic amines) is 1. The molecule has 96 valence electrons. The maximum absolute atomic E-state index is 4.74. The van der Waals surface area contributed by atoms with E-state index in [9.17, 15) is 0 Å². The summed E-state index contributed by atoms with van der Waals surface area (Å²) in [5, 5.41) is 0. The van der Waals surface area contributed by atoms with Crippen LogP contribution in [0.15, 0.2) is 28.8 Å². The van der Waals surface area contributed by atoms with Crippen LogP contribution in [0.4, 0.5) is 0 Å². The molecule has 0 aromatic carbocycles. The van der Waals surface area contributed by atoms with Gasteiger partial charge in [0.15, 0.2) is 0 Å². The third-order valence-corrected chi connectivity index (χ3v) is 3.27. The molecule has 0 unspecified atom stereocenters. The molecule has 0 amide bonds. The summed E-state index contributed by atoms with van der Waals surface area (Å²) in [4.78, 5) is 7.12. The third kappa shape index (κ3) is 5.31. The lowest BCUT2D eigenvalue weighted by Gasteiger charge is -2.26. The van der Waals surface area contributed by atoms with Gasteiger partial charge in [-0.2, -0.15) is 0 Å². The first-order valence-corrected chi connectivity index (χ1v) is 6.68. The minimum absolute atomic E-state index is 0.527. The Morgan fingerprint density at radius 2 is 1.94 bits per heavy atom. The van der Waals surface area contributed by atoms with Gasteiger partial charge in [-0.15, -0.1) is 0 Å². The van der Waals surface area contributed by atoms with E-state index in [1.54, 1.807) is 0 Å². The highest BCUT2D eigenvalue weighted by Gasteiger charge is 2.14. The zero-order valence-electron chi connectivity index (χ0n) is 11.7. The van der Waals surface area contributed by atoms with Crippen molar-refractivity contribution in [1.82, 2.24) is 4.90 Å². The molecule has 0 aromatic rings. The Kier molecular flexibility index (Phi) is 6.20. The van der Waals surface area contributed by atoms with Gasteiger partial charge in [0.1, 0.15) is 0 Å². The van der Waals surface area contributed by atoms with Gasteiger partial charge in [-0.3, -0.25) is 4.99 Å². The first kappa shape index (κ1) is 14.2. The first-order valence-electron chi connectivity index (χ1n) is 6.68. The SMILES string of the molecule is C/C=C/C=C(\C=NC1CCN(C)CC1)C(C)C. The van der Waals surface area contributed by atoms with Gasteiger partial charge in [0.25, 0.3) is 0 Å². The summed E-state index contributed by atoms with van der Waals surface area (Å²) in [6.45, 7) is 8.84. The van der Waals surface area contributed by atoms with E-state index in [1.807, 2.05) is 6.92 Å². The van der Waals surface area contributed by atoms with E-state index in [-0.39, 0.29) is 0 Å². The van der Waals surface area contributed by atoms with E-state index in [0.29, 0.717) is 12.0 Å². The number of hydrogen-bond acceptors (Lipinski definition) is 2. The van der Waals surface area contributed by atoms with Crippen LogP contribution in [0.5, 0.6) is 0 Å². The van der Waals surface area contributed by atoms with Gasteiger partial charge in [-0.1, -0.05) is 32.1 Å². The van der Waals surface area contributed by atoms with Crippen molar-refractivity contribution in [2.24, 2.45) is 10.9 Å².